The molecular weight excluding hydrogens is 473 g/mol. The van der Waals surface area contributed by atoms with Crippen molar-refractivity contribution in [2.45, 2.75) is 18.9 Å². The van der Waals surface area contributed by atoms with Crippen LogP contribution in [0.5, 0.6) is 5.75 Å². The second-order valence-electron chi connectivity index (χ2n) is 7.04. The van der Waals surface area contributed by atoms with E-state index in [1.807, 2.05) is 0 Å². The Balaban J connectivity index is 1.47. The van der Waals surface area contributed by atoms with Gasteiger partial charge in [0.25, 0.3) is 5.91 Å². The highest BCUT2D eigenvalue weighted by atomic mass is 35.5. The second-order valence-corrected chi connectivity index (χ2v) is 8.92. The normalized spacial score (nSPS) is 15.5. The van der Waals surface area contributed by atoms with Crippen LogP contribution in [0, 0.1) is 0 Å². The first-order valence-corrected chi connectivity index (χ1v) is 11.3. The van der Waals surface area contributed by atoms with Gasteiger partial charge in [0.05, 0.1) is 18.8 Å². The van der Waals surface area contributed by atoms with Crippen molar-refractivity contribution >= 4 is 57.9 Å². The van der Waals surface area contributed by atoms with Crippen molar-refractivity contribution in [3.05, 3.63) is 62.5 Å². The Kier molecular flexibility index (Phi) is 6.78. The molecule has 3 amide bonds. The van der Waals surface area contributed by atoms with Crippen LogP contribution >= 0.6 is 34.5 Å². The van der Waals surface area contributed by atoms with E-state index >= 15 is 0 Å². The van der Waals surface area contributed by atoms with Crippen LogP contribution in [0.1, 0.15) is 33.7 Å². The molecule has 0 aliphatic carbocycles. The lowest BCUT2D eigenvalue weighted by molar-refractivity contribution is 0.102. The molecule has 32 heavy (non-hydrogen) atoms. The molecule has 2 N–H and O–H groups in total. The molecule has 1 saturated heterocycles. The standard InChI is InChI=1S/C21H19Cl2N5O3S/c1-31-17-8-7-13(23)11-15(17)25-21(30)28-9-3-6-16(28)19-26-27-20(32-19)18(29)24-14-5-2-4-12(22)10-14/h2,4-5,7-8,10-11,16H,3,6,9H2,1H3,(H,24,29)(H,25,30)/t16-/m0/s1. The summed E-state index contributed by atoms with van der Waals surface area (Å²) in [4.78, 5) is 27.2. The van der Waals surface area contributed by atoms with Crippen molar-refractivity contribution in [3.63, 3.8) is 0 Å². The summed E-state index contributed by atoms with van der Waals surface area (Å²) in [6.07, 6.45) is 1.54. The third-order valence-corrected chi connectivity index (χ3v) is 6.41. The molecule has 166 valence electrons. The van der Waals surface area contributed by atoms with Gasteiger partial charge in [-0.1, -0.05) is 40.6 Å². The number of hydrogen-bond donors (Lipinski definition) is 2. The number of methoxy groups -OCH3 is 1. The van der Waals surface area contributed by atoms with Crippen molar-refractivity contribution in [2.24, 2.45) is 0 Å². The molecule has 3 aromatic rings. The van der Waals surface area contributed by atoms with Gasteiger partial charge >= 0.3 is 6.03 Å². The van der Waals surface area contributed by atoms with E-state index in [9.17, 15) is 9.59 Å². The number of hydrogen-bond acceptors (Lipinski definition) is 6. The number of rotatable bonds is 5. The largest absolute Gasteiger partial charge is 0.495 e. The first-order chi connectivity index (χ1) is 15.4. The van der Waals surface area contributed by atoms with Crippen LogP contribution in [-0.4, -0.2) is 40.7 Å². The van der Waals surface area contributed by atoms with Gasteiger partial charge in [0.1, 0.15) is 10.8 Å². The van der Waals surface area contributed by atoms with E-state index in [0.717, 1.165) is 24.2 Å². The van der Waals surface area contributed by atoms with Gasteiger partial charge in [0.2, 0.25) is 5.01 Å². The highest BCUT2D eigenvalue weighted by molar-refractivity contribution is 7.13. The van der Waals surface area contributed by atoms with E-state index in [2.05, 4.69) is 20.8 Å². The Bertz CT molecular complexity index is 1160. The van der Waals surface area contributed by atoms with Crippen molar-refractivity contribution in [3.8, 4) is 5.75 Å². The molecular formula is C21H19Cl2N5O3S. The molecule has 0 unspecified atom stereocenters. The minimum absolute atomic E-state index is 0.212. The smallest absolute Gasteiger partial charge is 0.322 e. The van der Waals surface area contributed by atoms with E-state index in [1.54, 1.807) is 47.4 Å². The summed E-state index contributed by atoms with van der Waals surface area (Å²) < 4.78 is 5.30. The molecule has 0 radical (unpaired) electrons. The zero-order valence-electron chi connectivity index (χ0n) is 17.0. The lowest BCUT2D eigenvalue weighted by Gasteiger charge is -2.23. The summed E-state index contributed by atoms with van der Waals surface area (Å²) >= 11 is 13.2. The number of ether oxygens (including phenoxy) is 1. The lowest BCUT2D eigenvalue weighted by Crippen LogP contribution is -2.34. The lowest BCUT2D eigenvalue weighted by atomic mass is 10.2. The maximum atomic E-state index is 13.0. The average molecular weight is 492 g/mol. The number of urea groups is 1. The molecule has 1 aliphatic heterocycles. The third kappa shape index (κ3) is 4.95. The fourth-order valence-corrected chi connectivity index (χ4v) is 4.69. The van der Waals surface area contributed by atoms with Crippen LogP contribution in [0.4, 0.5) is 16.2 Å². The molecule has 1 aromatic heterocycles. The van der Waals surface area contributed by atoms with Gasteiger partial charge in [-0.3, -0.25) is 4.79 Å². The quantitative estimate of drug-likeness (QED) is 0.492. The van der Waals surface area contributed by atoms with Gasteiger partial charge in [-0.15, -0.1) is 10.2 Å². The van der Waals surface area contributed by atoms with Crippen LogP contribution in [0.15, 0.2) is 42.5 Å². The number of amides is 3. The molecule has 1 atom stereocenters. The van der Waals surface area contributed by atoms with Crippen LogP contribution < -0.4 is 15.4 Å². The zero-order valence-corrected chi connectivity index (χ0v) is 19.3. The number of benzene rings is 2. The number of carbonyl (C=O) groups excluding carboxylic acids is 2. The molecule has 0 spiro atoms. The van der Waals surface area contributed by atoms with E-state index in [0.29, 0.717) is 38.7 Å². The van der Waals surface area contributed by atoms with Crippen molar-refractivity contribution < 1.29 is 14.3 Å². The summed E-state index contributed by atoms with van der Waals surface area (Å²) in [7, 11) is 1.52. The molecule has 11 heteroatoms. The Morgan fingerprint density at radius 3 is 2.72 bits per heavy atom. The van der Waals surface area contributed by atoms with Crippen LogP contribution in [0.3, 0.4) is 0 Å². The van der Waals surface area contributed by atoms with E-state index in [4.69, 9.17) is 27.9 Å². The first kappa shape index (κ1) is 22.3. The SMILES string of the molecule is COc1ccc(Cl)cc1NC(=O)N1CCC[C@H]1c1nnc(C(=O)Nc2cccc(Cl)c2)s1. The van der Waals surface area contributed by atoms with E-state index in [-0.39, 0.29) is 23.0 Å². The molecule has 0 saturated carbocycles. The number of nitrogens with zero attached hydrogens (tertiary/aromatic N) is 3. The van der Waals surface area contributed by atoms with Gasteiger partial charge in [-0.25, -0.2) is 4.79 Å². The maximum Gasteiger partial charge on any atom is 0.322 e. The molecule has 2 aromatic carbocycles. The van der Waals surface area contributed by atoms with Crippen molar-refractivity contribution in [2.75, 3.05) is 24.3 Å². The summed E-state index contributed by atoms with van der Waals surface area (Å²) in [5.41, 5.74) is 1.05. The summed E-state index contributed by atoms with van der Waals surface area (Å²) in [6, 6.07) is 11.3. The average Bonchev–Trinajstić information content (AvgIpc) is 3.43. The van der Waals surface area contributed by atoms with Gasteiger partial charge in [0, 0.05) is 22.3 Å². The summed E-state index contributed by atoms with van der Waals surface area (Å²) in [5.74, 6) is 0.128. The molecule has 4 rings (SSSR count). The fraction of sp³-hybridized carbons (Fsp3) is 0.238. The fourth-order valence-electron chi connectivity index (χ4n) is 3.44. The maximum absolute atomic E-state index is 13.0. The van der Waals surface area contributed by atoms with E-state index < -0.39 is 0 Å². The van der Waals surface area contributed by atoms with Crippen LogP contribution in [0.25, 0.3) is 0 Å². The number of carbonyl (C=O) groups is 2. The van der Waals surface area contributed by atoms with Crippen LogP contribution in [0.2, 0.25) is 10.0 Å². The number of aromatic nitrogens is 2. The monoisotopic (exact) mass is 491 g/mol. The minimum atomic E-state index is -0.381. The second kappa shape index (κ2) is 9.72. The summed E-state index contributed by atoms with van der Waals surface area (Å²) in [5, 5.41) is 15.6. The predicted octanol–water partition coefficient (Wildman–Crippen LogP) is 5.47. The zero-order chi connectivity index (χ0) is 22.7. The Morgan fingerprint density at radius 2 is 1.94 bits per heavy atom. The van der Waals surface area contributed by atoms with Gasteiger partial charge < -0.3 is 20.3 Å². The molecule has 1 fully saturated rings. The number of halogens is 2. The highest BCUT2D eigenvalue weighted by Crippen LogP contribution is 2.35. The van der Waals surface area contributed by atoms with Gasteiger partial charge in [0.15, 0.2) is 0 Å². The van der Waals surface area contributed by atoms with Crippen molar-refractivity contribution in [1.29, 1.82) is 0 Å². The number of likely N-dealkylation sites (tertiary alicyclic amines) is 1. The topological polar surface area (TPSA) is 96.4 Å². The van der Waals surface area contributed by atoms with Gasteiger partial charge in [-0.05, 0) is 49.2 Å². The minimum Gasteiger partial charge on any atom is -0.495 e. The molecule has 1 aliphatic rings. The predicted molar refractivity (Wildman–Crippen MR) is 125 cm³/mol. The Labute approximate surface area is 198 Å². The third-order valence-electron chi connectivity index (χ3n) is 4.92. The van der Waals surface area contributed by atoms with Crippen LogP contribution in [-0.2, 0) is 0 Å². The van der Waals surface area contributed by atoms with Crippen molar-refractivity contribution in [1.82, 2.24) is 15.1 Å². The molecule has 8 nitrogen and oxygen atoms in total. The van der Waals surface area contributed by atoms with Gasteiger partial charge in [-0.2, -0.15) is 0 Å². The highest BCUT2D eigenvalue weighted by Gasteiger charge is 2.33. The first-order valence-electron chi connectivity index (χ1n) is 9.76. The number of nitrogens with one attached hydrogen (secondary N) is 2. The van der Waals surface area contributed by atoms with E-state index in [1.165, 1.54) is 7.11 Å². The number of anilines is 2. The molecule has 0 bridgehead atoms. The molecule has 2 heterocycles. The Morgan fingerprint density at radius 1 is 1.12 bits per heavy atom. The summed E-state index contributed by atoms with van der Waals surface area (Å²) in [6.45, 7) is 0.559. The Hall–Kier alpha value is -2.88.